The van der Waals surface area contributed by atoms with Crippen molar-refractivity contribution in [3.05, 3.63) is 65.5 Å². The lowest BCUT2D eigenvalue weighted by Crippen LogP contribution is -2.30. The average molecular weight is 275 g/mol. The Kier molecular flexibility index (Phi) is 4.37. The van der Waals surface area contributed by atoms with E-state index in [1.54, 1.807) is 31.2 Å². The number of benzene rings is 2. The molecule has 0 aliphatic carbocycles. The number of nitrogens with two attached hydrogens (primary N) is 1. The predicted molar refractivity (Wildman–Crippen MR) is 75.8 cm³/mol. The first kappa shape index (κ1) is 14.5. The molecule has 0 bridgehead atoms. The van der Waals surface area contributed by atoms with Crippen LogP contribution in [0.4, 0.5) is 4.39 Å². The molecule has 3 nitrogen and oxygen atoms in total. The van der Waals surface area contributed by atoms with Gasteiger partial charge in [0.25, 0.3) is 0 Å². The highest BCUT2D eigenvalue weighted by atomic mass is 19.1. The highest BCUT2D eigenvalue weighted by Gasteiger charge is 2.25. The number of para-hydroxylation sites is 1. The predicted octanol–water partition coefficient (Wildman–Crippen LogP) is 2.57. The first-order valence-corrected chi connectivity index (χ1v) is 6.43. The molecule has 1 atom stereocenters. The monoisotopic (exact) mass is 275 g/mol. The lowest BCUT2D eigenvalue weighted by molar-refractivity contribution is 0.00612. The minimum atomic E-state index is -1.20. The third-order valence-corrected chi connectivity index (χ3v) is 3.16. The molecule has 0 radical (unpaired) electrons. The Morgan fingerprint density at radius 2 is 1.85 bits per heavy atom. The number of rotatable bonds is 5. The van der Waals surface area contributed by atoms with Crippen LogP contribution in [0.2, 0.25) is 0 Å². The summed E-state index contributed by atoms with van der Waals surface area (Å²) in [5.41, 5.74) is 5.65. The average Bonchev–Trinajstić information content (AvgIpc) is 2.46. The second kappa shape index (κ2) is 6.03. The quantitative estimate of drug-likeness (QED) is 0.881. The fraction of sp³-hybridized carbons (Fsp3) is 0.250. The van der Waals surface area contributed by atoms with Crippen molar-refractivity contribution in [2.24, 2.45) is 5.73 Å². The number of hydrogen-bond donors (Lipinski definition) is 2. The smallest absolute Gasteiger partial charge is 0.165 e. The van der Waals surface area contributed by atoms with Crippen molar-refractivity contribution >= 4 is 0 Å². The molecule has 0 spiro atoms. The summed E-state index contributed by atoms with van der Waals surface area (Å²) in [5.74, 6) is -0.372. The Hall–Kier alpha value is -1.91. The normalized spacial score (nSPS) is 13.8. The van der Waals surface area contributed by atoms with Crippen molar-refractivity contribution in [3.63, 3.8) is 0 Å². The second-order valence-corrected chi connectivity index (χ2v) is 4.86. The van der Waals surface area contributed by atoms with Gasteiger partial charge in [-0.1, -0.05) is 42.5 Å². The van der Waals surface area contributed by atoms with E-state index < -0.39 is 11.4 Å². The third-order valence-electron chi connectivity index (χ3n) is 3.16. The maximum atomic E-state index is 13.8. The fourth-order valence-corrected chi connectivity index (χ4v) is 1.97. The Balaban J connectivity index is 2.17. The second-order valence-electron chi connectivity index (χ2n) is 4.86. The van der Waals surface area contributed by atoms with Crippen molar-refractivity contribution in [1.29, 1.82) is 0 Å². The van der Waals surface area contributed by atoms with E-state index in [1.165, 1.54) is 6.07 Å². The van der Waals surface area contributed by atoms with Gasteiger partial charge in [-0.05, 0) is 18.6 Å². The van der Waals surface area contributed by atoms with E-state index in [1.807, 2.05) is 18.2 Å². The van der Waals surface area contributed by atoms with Gasteiger partial charge in [0.1, 0.15) is 12.2 Å². The van der Waals surface area contributed by atoms with Crippen LogP contribution in [0.25, 0.3) is 0 Å². The minimum Gasteiger partial charge on any atom is -0.487 e. The summed E-state index contributed by atoms with van der Waals surface area (Å²) in [6, 6.07) is 13.7. The summed E-state index contributed by atoms with van der Waals surface area (Å²) in [6.45, 7) is 1.76. The minimum absolute atomic E-state index is 0.0506. The lowest BCUT2D eigenvalue weighted by atomic mass is 9.97. The maximum absolute atomic E-state index is 13.8. The molecule has 3 N–H and O–H groups in total. The van der Waals surface area contributed by atoms with Crippen LogP contribution in [0.5, 0.6) is 5.75 Å². The molecule has 2 rings (SSSR count). The molecule has 0 saturated carbocycles. The van der Waals surface area contributed by atoms with E-state index >= 15 is 0 Å². The first-order valence-electron chi connectivity index (χ1n) is 6.43. The number of ether oxygens (including phenoxy) is 1. The topological polar surface area (TPSA) is 55.5 Å². The summed E-state index contributed by atoms with van der Waals surface area (Å²) in [7, 11) is 0. The lowest BCUT2D eigenvalue weighted by Gasteiger charge is -2.24. The summed E-state index contributed by atoms with van der Waals surface area (Å²) >= 11 is 0. The van der Waals surface area contributed by atoms with Crippen LogP contribution in [-0.2, 0) is 12.1 Å². The van der Waals surface area contributed by atoms with Crippen LogP contribution in [0, 0.1) is 5.82 Å². The van der Waals surface area contributed by atoms with E-state index in [2.05, 4.69) is 0 Å². The number of aliphatic hydroxyl groups is 1. The molecule has 0 aromatic heterocycles. The molecule has 0 fully saturated rings. The van der Waals surface area contributed by atoms with Gasteiger partial charge in [-0.25, -0.2) is 4.39 Å². The molecule has 2 aromatic carbocycles. The third kappa shape index (κ3) is 3.15. The van der Waals surface area contributed by atoms with Crippen molar-refractivity contribution in [2.75, 3.05) is 6.61 Å². The van der Waals surface area contributed by atoms with E-state index in [-0.39, 0.29) is 18.9 Å². The number of halogens is 1. The van der Waals surface area contributed by atoms with Crippen LogP contribution < -0.4 is 10.5 Å². The molecule has 1 unspecified atom stereocenters. The first-order chi connectivity index (χ1) is 9.54. The summed E-state index contributed by atoms with van der Waals surface area (Å²) in [4.78, 5) is 0. The summed E-state index contributed by atoms with van der Waals surface area (Å²) in [6.07, 6.45) is 0. The van der Waals surface area contributed by atoms with Crippen LogP contribution in [0.15, 0.2) is 48.5 Å². The van der Waals surface area contributed by atoms with Crippen molar-refractivity contribution in [1.82, 2.24) is 0 Å². The zero-order chi connectivity index (χ0) is 14.6. The van der Waals surface area contributed by atoms with Gasteiger partial charge in [-0.15, -0.1) is 0 Å². The molecular formula is C16H18FNO2. The van der Waals surface area contributed by atoms with E-state index in [9.17, 15) is 9.50 Å². The Bertz CT molecular complexity index is 570. The summed E-state index contributed by atoms with van der Waals surface area (Å²) in [5, 5.41) is 10.4. The van der Waals surface area contributed by atoms with E-state index in [0.717, 1.165) is 0 Å². The summed E-state index contributed by atoms with van der Waals surface area (Å²) < 4.78 is 19.2. The van der Waals surface area contributed by atoms with E-state index in [0.29, 0.717) is 11.1 Å². The molecule has 0 amide bonds. The SMILES string of the molecule is CC(O)(COc1c(F)cccc1CN)c1ccccc1. The van der Waals surface area contributed by atoms with Crippen LogP contribution in [-0.4, -0.2) is 11.7 Å². The van der Waals surface area contributed by atoms with Gasteiger partial charge in [0.15, 0.2) is 11.6 Å². The van der Waals surface area contributed by atoms with Crippen molar-refractivity contribution in [2.45, 2.75) is 19.1 Å². The highest BCUT2D eigenvalue weighted by molar-refractivity contribution is 5.35. The van der Waals surface area contributed by atoms with Gasteiger partial charge in [0.2, 0.25) is 0 Å². The van der Waals surface area contributed by atoms with Gasteiger partial charge >= 0.3 is 0 Å². The number of hydrogen-bond acceptors (Lipinski definition) is 3. The Morgan fingerprint density at radius 3 is 2.50 bits per heavy atom. The Labute approximate surface area is 117 Å². The zero-order valence-corrected chi connectivity index (χ0v) is 11.3. The molecule has 4 heteroatoms. The van der Waals surface area contributed by atoms with Gasteiger partial charge in [0.05, 0.1) is 0 Å². The van der Waals surface area contributed by atoms with Gasteiger partial charge in [-0.3, -0.25) is 0 Å². The van der Waals surface area contributed by atoms with Gasteiger partial charge in [0, 0.05) is 12.1 Å². The molecule has 0 aliphatic rings. The van der Waals surface area contributed by atoms with Crippen molar-refractivity contribution < 1.29 is 14.2 Å². The van der Waals surface area contributed by atoms with Gasteiger partial charge < -0.3 is 15.6 Å². The molecule has 2 aromatic rings. The fourth-order valence-electron chi connectivity index (χ4n) is 1.97. The molecule has 0 heterocycles. The highest BCUT2D eigenvalue weighted by Crippen LogP contribution is 2.26. The zero-order valence-electron chi connectivity index (χ0n) is 11.3. The molecule has 106 valence electrons. The van der Waals surface area contributed by atoms with E-state index in [4.69, 9.17) is 10.5 Å². The molecule has 0 saturated heterocycles. The largest absolute Gasteiger partial charge is 0.487 e. The van der Waals surface area contributed by atoms with Crippen LogP contribution in [0.3, 0.4) is 0 Å². The Morgan fingerprint density at radius 1 is 1.15 bits per heavy atom. The van der Waals surface area contributed by atoms with Crippen LogP contribution in [0.1, 0.15) is 18.1 Å². The molecule has 20 heavy (non-hydrogen) atoms. The van der Waals surface area contributed by atoms with Crippen molar-refractivity contribution in [3.8, 4) is 5.75 Å². The molecular weight excluding hydrogens is 257 g/mol. The molecule has 0 aliphatic heterocycles. The maximum Gasteiger partial charge on any atom is 0.165 e. The standard InChI is InChI=1S/C16H18FNO2/c1-16(19,13-7-3-2-4-8-13)11-20-15-12(10-18)6-5-9-14(15)17/h2-9,19H,10-11,18H2,1H3. The van der Waals surface area contributed by atoms with Gasteiger partial charge in [-0.2, -0.15) is 0 Å². The van der Waals surface area contributed by atoms with Crippen LogP contribution >= 0.6 is 0 Å².